The van der Waals surface area contributed by atoms with Crippen LogP contribution < -0.4 is 10.6 Å². The summed E-state index contributed by atoms with van der Waals surface area (Å²) in [5, 5.41) is 17.7. The zero-order chi connectivity index (χ0) is 15.4. The number of nitro benzene ring substituents is 1. The molecule has 0 spiro atoms. The molecule has 0 aliphatic heterocycles. The van der Waals surface area contributed by atoms with Gasteiger partial charge in [0.2, 0.25) is 0 Å². The highest BCUT2D eigenvalue weighted by atomic mass is 35.5. The van der Waals surface area contributed by atoms with E-state index in [0.29, 0.717) is 21.4 Å². The second kappa shape index (κ2) is 6.71. The average molecular weight is 342 g/mol. The van der Waals surface area contributed by atoms with Crippen LogP contribution in [-0.4, -0.2) is 10.0 Å². The predicted octanol–water partition coefficient (Wildman–Crippen LogP) is 4.71. The van der Waals surface area contributed by atoms with Crippen molar-refractivity contribution in [2.24, 2.45) is 0 Å². The highest BCUT2D eigenvalue weighted by molar-refractivity contribution is 7.80. The first-order chi connectivity index (χ1) is 9.94. The Labute approximate surface area is 136 Å². The number of rotatable bonds is 3. The summed E-state index contributed by atoms with van der Waals surface area (Å²) >= 11 is 16.9. The molecular formula is C13H9Cl2N3O2S. The molecule has 2 rings (SSSR count). The van der Waals surface area contributed by atoms with Gasteiger partial charge in [0.25, 0.3) is 5.69 Å². The highest BCUT2D eigenvalue weighted by Crippen LogP contribution is 2.23. The van der Waals surface area contributed by atoms with Gasteiger partial charge < -0.3 is 10.6 Å². The Balaban J connectivity index is 2.08. The van der Waals surface area contributed by atoms with E-state index in [4.69, 9.17) is 35.4 Å². The average Bonchev–Trinajstić information content (AvgIpc) is 2.37. The van der Waals surface area contributed by atoms with E-state index in [1.54, 1.807) is 30.3 Å². The molecule has 0 amide bonds. The van der Waals surface area contributed by atoms with Crippen LogP contribution in [-0.2, 0) is 0 Å². The Hall–Kier alpha value is -1.89. The Morgan fingerprint density at radius 1 is 1.05 bits per heavy atom. The lowest BCUT2D eigenvalue weighted by molar-refractivity contribution is -0.384. The van der Waals surface area contributed by atoms with Crippen molar-refractivity contribution in [2.45, 2.75) is 0 Å². The number of non-ortho nitro benzene ring substituents is 1. The van der Waals surface area contributed by atoms with Crippen LogP contribution in [0.25, 0.3) is 0 Å². The van der Waals surface area contributed by atoms with Gasteiger partial charge in [0, 0.05) is 33.6 Å². The zero-order valence-corrected chi connectivity index (χ0v) is 12.8. The molecule has 0 aliphatic rings. The number of thiocarbonyl (C=S) groups is 1. The number of nitrogens with zero attached hydrogens (tertiary/aromatic N) is 1. The van der Waals surface area contributed by atoms with Crippen LogP contribution in [0, 0.1) is 10.1 Å². The molecule has 8 heteroatoms. The summed E-state index contributed by atoms with van der Waals surface area (Å²) in [6.45, 7) is 0. The van der Waals surface area contributed by atoms with Gasteiger partial charge in [-0.05, 0) is 36.5 Å². The Morgan fingerprint density at radius 2 is 1.67 bits per heavy atom. The van der Waals surface area contributed by atoms with Crippen LogP contribution in [0.1, 0.15) is 0 Å². The zero-order valence-electron chi connectivity index (χ0n) is 10.5. The minimum Gasteiger partial charge on any atom is -0.332 e. The second-order valence-electron chi connectivity index (χ2n) is 4.04. The summed E-state index contributed by atoms with van der Waals surface area (Å²) in [6.07, 6.45) is 0. The van der Waals surface area contributed by atoms with Gasteiger partial charge in [-0.2, -0.15) is 0 Å². The minimum absolute atomic E-state index is 0.0198. The largest absolute Gasteiger partial charge is 0.332 e. The fourth-order valence-corrected chi connectivity index (χ4v) is 2.38. The molecule has 2 aromatic rings. The van der Waals surface area contributed by atoms with Crippen molar-refractivity contribution < 1.29 is 4.92 Å². The van der Waals surface area contributed by atoms with Gasteiger partial charge in [0.1, 0.15) is 0 Å². The number of nitro groups is 1. The Kier molecular flexibility index (Phi) is 4.95. The molecule has 0 unspecified atom stereocenters. The molecule has 0 radical (unpaired) electrons. The lowest BCUT2D eigenvalue weighted by atomic mass is 10.3. The molecular weight excluding hydrogens is 333 g/mol. The predicted molar refractivity (Wildman–Crippen MR) is 89.4 cm³/mol. The number of hydrogen-bond acceptors (Lipinski definition) is 3. The third-order valence-electron chi connectivity index (χ3n) is 2.44. The number of anilines is 2. The number of halogens is 2. The highest BCUT2D eigenvalue weighted by Gasteiger charge is 2.07. The normalized spacial score (nSPS) is 10.0. The SMILES string of the molecule is O=[N+]([O-])c1cccc(NC(=S)Nc2cc(Cl)cc(Cl)c2)c1. The molecule has 0 saturated heterocycles. The van der Waals surface area contributed by atoms with Gasteiger partial charge in [-0.25, -0.2) is 0 Å². The van der Waals surface area contributed by atoms with Crippen molar-refractivity contribution in [1.82, 2.24) is 0 Å². The summed E-state index contributed by atoms with van der Waals surface area (Å²) in [5.74, 6) is 0. The van der Waals surface area contributed by atoms with E-state index in [1.165, 1.54) is 12.1 Å². The third-order valence-corrected chi connectivity index (χ3v) is 3.08. The van der Waals surface area contributed by atoms with Gasteiger partial charge in [-0.15, -0.1) is 0 Å². The van der Waals surface area contributed by atoms with Crippen molar-refractivity contribution in [3.63, 3.8) is 0 Å². The van der Waals surface area contributed by atoms with Crippen molar-refractivity contribution in [3.05, 3.63) is 62.6 Å². The quantitative estimate of drug-likeness (QED) is 0.480. The minimum atomic E-state index is -0.474. The number of hydrogen-bond donors (Lipinski definition) is 2. The topological polar surface area (TPSA) is 67.2 Å². The van der Waals surface area contributed by atoms with Crippen molar-refractivity contribution >= 4 is 57.6 Å². The lowest BCUT2D eigenvalue weighted by Crippen LogP contribution is -2.19. The molecule has 0 atom stereocenters. The summed E-state index contributed by atoms with van der Waals surface area (Å²) in [5.41, 5.74) is 1.11. The van der Waals surface area contributed by atoms with E-state index in [2.05, 4.69) is 10.6 Å². The first-order valence-electron chi connectivity index (χ1n) is 5.72. The van der Waals surface area contributed by atoms with Crippen LogP contribution in [0.3, 0.4) is 0 Å². The van der Waals surface area contributed by atoms with Crippen LogP contribution in [0.15, 0.2) is 42.5 Å². The standard InChI is InChI=1S/C13H9Cl2N3O2S/c14-8-4-9(15)6-11(5-8)17-13(21)16-10-2-1-3-12(7-10)18(19)20/h1-7H,(H2,16,17,21). The van der Waals surface area contributed by atoms with Gasteiger partial charge in [0.15, 0.2) is 5.11 Å². The van der Waals surface area contributed by atoms with E-state index in [1.807, 2.05) is 0 Å². The smallest absolute Gasteiger partial charge is 0.271 e. The molecule has 2 aromatic carbocycles. The summed E-state index contributed by atoms with van der Waals surface area (Å²) in [4.78, 5) is 10.2. The summed E-state index contributed by atoms with van der Waals surface area (Å²) in [7, 11) is 0. The van der Waals surface area contributed by atoms with Crippen molar-refractivity contribution in [1.29, 1.82) is 0 Å². The van der Waals surface area contributed by atoms with Gasteiger partial charge >= 0.3 is 0 Å². The molecule has 0 aromatic heterocycles. The molecule has 0 saturated carbocycles. The van der Waals surface area contributed by atoms with E-state index >= 15 is 0 Å². The molecule has 5 nitrogen and oxygen atoms in total. The van der Waals surface area contributed by atoms with Gasteiger partial charge in [0.05, 0.1) is 4.92 Å². The van der Waals surface area contributed by atoms with Crippen molar-refractivity contribution in [2.75, 3.05) is 10.6 Å². The molecule has 0 heterocycles. The third kappa shape index (κ3) is 4.56. The molecule has 0 aliphatic carbocycles. The fraction of sp³-hybridized carbons (Fsp3) is 0. The fourth-order valence-electron chi connectivity index (χ4n) is 1.62. The maximum absolute atomic E-state index is 10.7. The summed E-state index contributed by atoms with van der Waals surface area (Å²) < 4.78 is 0. The molecule has 2 N–H and O–H groups in total. The van der Waals surface area contributed by atoms with Crippen molar-refractivity contribution in [3.8, 4) is 0 Å². The first kappa shape index (κ1) is 15.5. The van der Waals surface area contributed by atoms with Crippen LogP contribution in [0.4, 0.5) is 17.1 Å². The second-order valence-corrected chi connectivity index (χ2v) is 5.33. The van der Waals surface area contributed by atoms with Crippen LogP contribution in [0.5, 0.6) is 0 Å². The lowest BCUT2D eigenvalue weighted by Gasteiger charge is -2.11. The maximum atomic E-state index is 10.7. The van der Waals surface area contributed by atoms with E-state index in [0.717, 1.165) is 0 Å². The Bertz CT molecular complexity index is 689. The van der Waals surface area contributed by atoms with Gasteiger partial charge in [-0.1, -0.05) is 29.3 Å². The van der Waals surface area contributed by atoms with Gasteiger partial charge in [-0.3, -0.25) is 10.1 Å². The van der Waals surface area contributed by atoms with Crippen LogP contribution in [0.2, 0.25) is 10.0 Å². The number of benzene rings is 2. The van der Waals surface area contributed by atoms with Crippen LogP contribution >= 0.6 is 35.4 Å². The van der Waals surface area contributed by atoms with E-state index in [9.17, 15) is 10.1 Å². The molecule has 0 fully saturated rings. The van der Waals surface area contributed by atoms with E-state index in [-0.39, 0.29) is 10.8 Å². The maximum Gasteiger partial charge on any atom is 0.271 e. The van der Waals surface area contributed by atoms with E-state index < -0.39 is 4.92 Å². The first-order valence-corrected chi connectivity index (χ1v) is 6.89. The number of nitrogens with one attached hydrogen (secondary N) is 2. The Morgan fingerprint density at radius 3 is 2.29 bits per heavy atom. The molecule has 21 heavy (non-hydrogen) atoms. The summed E-state index contributed by atoms with van der Waals surface area (Å²) in [6, 6.07) is 11.0. The monoisotopic (exact) mass is 341 g/mol. The molecule has 108 valence electrons. The molecule has 0 bridgehead atoms.